The van der Waals surface area contributed by atoms with Crippen LogP contribution in [0.2, 0.25) is 0 Å². The van der Waals surface area contributed by atoms with Crippen molar-refractivity contribution in [1.82, 2.24) is 4.98 Å². The van der Waals surface area contributed by atoms with Crippen molar-refractivity contribution in [2.75, 3.05) is 18.6 Å². The van der Waals surface area contributed by atoms with E-state index in [-0.39, 0.29) is 16.7 Å². The Bertz CT molecular complexity index is 545. The summed E-state index contributed by atoms with van der Waals surface area (Å²) in [5.74, 6) is 0.882. The smallest absolute Gasteiger partial charge is 0.312 e. The summed E-state index contributed by atoms with van der Waals surface area (Å²) in [6, 6.07) is 1.81. The lowest BCUT2D eigenvalue weighted by Gasteiger charge is -2.38. The topological polar surface area (TPSA) is 68.5 Å². The van der Waals surface area contributed by atoms with E-state index < -0.39 is 0 Å². The van der Waals surface area contributed by atoms with Crippen molar-refractivity contribution in [3.63, 3.8) is 0 Å². The number of rotatable bonds is 6. The number of anilines is 1. The minimum atomic E-state index is -0.346. The summed E-state index contributed by atoms with van der Waals surface area (Å²) in [6.45, 7) is 5.01. The van der Waals surface area contributed by atoms with Gasteiger partial charge in [0.15, 0.2) is 0 Å². The third kappa shape index (κ3) is 4.64. The van der Waals surface area contributed by atoms with E-state index in [1.807, 2.05) is 0 Å². The summed E-state index contributed by atoms with van der Waals surface area (Å²) in [5, 5.41) is 11.4. The van der Waals surface area contributed by atoms with Crippen LogP contribution in [0.5, 0.6) is 0 Å². The Morgan fingerprint density at radius 1 is 1.43 bits per heavy atom. The Kier molecular flexibility index (Phi) is 6.35. The molecule has 1 aliphatic rings. The Morgan fingerprint density at radius 2 is 2.09 bits per heavy atom. The average Bonchev–Trinajstić information content (AvgIpc) is 2.52. The molecule has 0 amide bonds. The molecule has 0 bridgehead atoms. The number of hydrogen-bond donors (Lipinski definition) is 0. The molecule has 0 aliphatic heterocycles. The molecule has 0 unspecified atom stereocenters. The molecule has 1 saturated carbocycles. The van der Waals surface area contributed by atoms with Gasteiger partial charge in [-0.3, -0.25) is 10.1 Å². The van der Waals surface area contributed by atoms with E-state index in [1.54, 1.807) is 13.3 Å². The van der Waals surface area contributed by atoms with E-state index in [0.717, 1.165) is 32.2 Å². The van der Waals surface area contributed by atoms with Gasteiger partial charge in [-0.15, -0.1) is 0 Å². The second kappa shape index (κ2) is 8.06. The van der Waals surface area contributed by atoms with Gasteiger partial charge in [0.05, 0.1) is 11.0 Å². The van der Waals surface area contributed by atoms with Gasteiger partial charge in [0.25, 0.3) is 0 Å². The molecule has 2 rings (SSSR count). The SMILES string of the molecule is CO[C@H]1CC[C@@H](N(CC(C)C)c2ncc(Br)cc2[N+](=O)[O-])CC1. The number of ether oxygens (including phenoxy) is 1. The molecule has 1 aromatic heterocycles. The molecule has 1 aromatic rings. The second-order valence-electron chi connectivity index (χ2n) is 6.47. The largest absolute Gasteiger partial charge is 0.381 e. The zero-order valence-corrected chi connectivity index (χ0v) is 15.5. The summed E-state index contributed by atoms with van der Waals surface area (Å²) in [6.07, 6.45) is 5.86. The van der Waals surface area contributed by atoms with Crippen LogP contribution >= 0.6 is 15.9 Å². The van der Waals surface area contributed by atoms with E-state index in [1.165, 1.54) is 6.07 Å². The monoisotopic (exact) mass is 385 g/mol. The van der Waals surface area contributed by atoms with Gasteiger partial charge in [-0.25, -0.2) is 4.98 Å². The fourth-order valence-electron chi connectivity index (χ4n) is 3.17. The van der Waals surface area contributed by atoms with Gasteiger partial charge in [-0.1, -0.05) is 13.8 Å². The van der Waals surface area contributed by atoms with Crippen LogP contribution in [-0.2, 0) is 4.74 Å². The molecule has 23 heavy (non-hydrogen) atoms. The average molecular weight is 386 g/mol. The van der Waals surface area contributed by atoms with Crippen LogP contribution in [0, 0.1) is 16.0 Å². The van der Waals surface area contributed by atoms with Crippen molar-refractivity contribution >= 4 is 27.4 Å². The molecule has 0 aromatic carbocycles. The van der Waals surface area contributed by atoms with E-state index in [4.69, 9.17) is 4.74 Å². The predicted molar refractivity (Wildman–Crippen MR) is 93.8 cm³/mol. The second-order valence-corrected chi connectivity index (χ2v) is 7.38. The molecule has 6 nitrogen and oxygen atoms in total. The summed E-state index contributed by atoms with van der Waals surface area (Å²) < 4.78 is 6.06. The van der Waals surface area contributed by atoms with Gasteiger partial charge >= 0.3 is 5.69 Å². The number of hydrogen-bond acceptors (Lipinski definition) is 5. The lowest BCUT2D eigenvalue weighted by molar-refractivity contribution is -0.384. The van der Waals surface area contributed by atoms with Crippen LogP contribution in [0.25, 0.3) is 0 Å². The highest BCUT2D eigenvalue weighted by atomic mass is 79.9. The van der Waals surface area contributed by atoms with Crippen molar-refractivity contribution in [2.45, 2.75) is 51.7 Å². The van der Waals surface area contributed by atoms with Gasteiger partial charge in [-0.05, 0) is 47.5 Å². The molecule has 1 heterocycles. The quantitative estimate of drug-likeness (QED) is 0.542. The van der Waals surface area contributed by atoms with E-state index in [2.05, 4.69) is 39.7 Å². The lowest BCUT2D eigenvalue weighted by atomic mass is 9.91. The fraction of sp³-hybridized carbons (Fsp3) is 0.688. The number of methoxy groups -OCH3 is 1. The third-order valence-corrected chi connectivity index (χ3v) is 4.70. The Balaban J connectivity index is 2.30. The number of aromatic nitrogens is 1. The summed E-state index contributed by atoms with van der Waals surface area (Å²) >= 11 is 3.28. The van der Waals surface area contributed by atoms with Crippen LogP contribution in [0.15, 0.2) is 16.7 Å². The lowest BCUT2D eigenvalue weighted by Crippen LogP contribution is -2.42. The first-order chi connectivity index (χ1) is 10.9. The molecule has 0 atom stereocenters. The van der Waals surface area contributed by atoms with Gasteiger partial charge in [0.1, 0.15) is 0 Å². The fourth-order valence-corrected chi connectivity index (χ4v) is 3.49. The molecule has 1 fully saturated rings. The normalized spacial score (nSPS) is 21.4. The van der Waals surface area contributed by atoms with Crippen molar-refractivity contribution in [1.29, 1.82) is 0 Å². The first kappa shape index (κ1) is 18.1. The summed E-state index contributed by atoms with van der Waals surface area (Å²) in [7, 11) is 1.75. The number of pyridine rings is 1. The maximum Gasteiger partial charge on any atom is 0.312 e. The summed E-state index contributed by atoms with van der Waals surface area (Å²) in [4.78, 5) is 17.6. The Labute approximate surface area is 145 Å². The zero-order chi connectivity index (χ0) is 17.0. The van der Waals surface area contributed by atoms with Crippen LogP contribution in [0.4, 0.5) is 11.5 Å². The highest BCUT2D eigenvalue weighted by Crippen LogP contribution is 2.34. The molecule has 0 spiro atoms. The molecular weight excluding hydrogens is 362 g/mol. The number of nitro groups is 1. The van der Waals surface area contributed by atoms with Crippen molar-refractivity contribution in [3.05, 3.63) is 26.9 Å². The molecule has 1 aliphatic carbocycles. The highest BCUT2D eigenvalue weighted by molar-refractivity contribution is 9.10. The first-order valence-electron chi connectivity index (χ1n) is 8.01. The minimum Gasteiger partial charge on any atom is -0.381 e. The Morgan fingerprint density at radius 3 is 2.61 bits per heavy atom. The maximum absolute atomic E-state index is 11.4. The summed E-state index contributed by atoms with van der Waals surface area (Å²) in [5.41, 5.74) is 0.0638. The van der Waals surface area contributed by atoms with Gasteiger partial charge < -0.3 is 9.64 Å². The maximum atomic E-state index is 11.4. The standard InChI is InChI=1S/C16H24BrN3O3/c1-11(2)10-19(13-4-6-14(23-3)7-5-13)16-15(20(21)22)8-12(17)9-18-16/h8-9,11,13-14H,4-7,10H2,1-3H3/t13-,14+. The van der Waals surface area contributed by atoms with E-state index >= 15 is 0 Å². The zero-order valence-electron chi connectivity index (χ0n) is 13.9. The van der Waals surface area contributed by atoms with Gasteiger partial charge in [-0.2, -0.15) is 0 Å². The van der Waals surface area contributed by atoms with Gasteiger partial charge in [0.2, 0.25) is 5.82 Å². The van der Waals surface area contributed by atoms with Crippen LogP contribution in [0.3, 0.4) is 0 Å². The van der Waals surface area contributed by atoms with E-state index in [9.17, 15) is 10.1 Å². The molecular formula is C16H24BrN3O3. The molecule has 0 N–H and O–H groups in total. The molecule has 128 valence electrons. The number of halogens is 1. The third-order valence-electron chi connectivity index (χ3n) is 4.26. The molecule has 0 saturated heterocycles. The predicted octanol–water partition coefficient (Wildman–Crippen LogP) is 4.17. The number of nitrogens with zero attached hydrogens (tertiary/aromatic N) is 3. The minimum absolute atomic E-state index is 0.0638. The van der Waals surface area contributed by atoms with Gasteiger partial charge in [0, 0.05) is 36.4 Å². The van der Waals surface area contributed by atoms with Crippen molar-refractivity contribution in [3.8, 4) is 0 Å². The van der Waals surface area contributed by atoms with Crippen LogP contribution < -0.4 is 4.90 Å². The Hall–Kier alpha value is -1.21. The van der Waals surface area contributed by atoms with Crippen molar-refractivity contribution in [2.24, 2.45) is 5.92 Å². The van der Waals surface area contributed by atoms with E-state index in [0.29, 0.717) is 22.3 Å². The first-order valence-corrected chi connectivity index (χ1v) is 8.81. The van der Waals surface area contributed by atoms with Crippen LogP contribution in [0.1, 0.15) is 39.5 Å². The highest BCUT2D eigenvalue weighted by Gasteiger charge is 2.31. The van der Waals surface area contributed by atoms with Crippen molar-refractivity contribution < 1.29 is 9.66 Å². The molecule has 7 heteroatoms. The molecule has 0 radical (unpaired) electrons. The van der Waals surface area contributed by atoms with Crippen LogP contribution in [-0.4, -0.2) is 35.7 Å².